The number of esters is 5. The quantitative estimate of drug-likeness (QED) is 0.184. The number of hydrogen-bond acceptors (Lipinski definition) is 10. The van der Waals surface area contributed by atoms with Crippen molar-refractivity contribution in [2.45, 2.75) is 125 Å². The first-order valence-electron chi connectivity index (χ1n) is 17.6. The Balaban J connectivity index is 1.63. The van der Waals surface area contributed by atoms with Crippen molar-refractivity contribution in [1.82, 2.24) is 0 Å². The lowest BCUT2D eigenvalue weighted by Crippen LogP contribution is -2.69. The molecule has 4 fully saturated rings. The SMILES string of the molecule is COC(=O)C1(C)CCC2(C(=O)OC)CCC3(C)C(=CCC4C5(C)CC(OC(C)=O)C(OC(C)=O)C(C)(COC(C)=O)C5CCC43C)C2C1. The molecule has 0 heterocycles. The van der Waals surface area contributed by atoms with E-state index in [-0.39, 0.29) is 52.5 Å². The number of rotatable bonds is 6. The molecule has 0 aromatic heterocycles. The first-order valence-corrected chi connectivity index (χ1v) is 17.6. The average Bonchev–Trinajstić information content (AvgIpc) is 3.01. The van der Waals surface area contributed by atoms with E-state index < -0.39 is 46.4 Å². The summed E-state index contributed by atoms with van der Waals surface area (Å²) in [5.41, 5.74) is -1.83. The predicted molar refractivity (Wildman–Crippen MR) is 175 cm³/mol. The summed E-state index contributed by atoms with van der Waals surface area (Å²) in [6.45, 7) is 15.1. The van der Waals surface area contributed by atoms with Crippen molar-refractivity contribution in [1.29, 1.82) is 0 Å². The molecule has 0 radical (unpaired) electrons. The van der Waals surface area contributed by atoms with Crippen LogP contribution in [-0.2, 0) is 47.7 Å². The van der Waals surface area contributed by atoms with Gasteiger partial charge < -0.3 is 23.7 Å². The average molecular weight is 673 g/mol. The monoisotopic (exact) mass is 672 g/mol. The lowest BCUT2D eigenvalue weighted by molar-refractivity contribution is -0.256. The van der Waals surface area contributed by atoms with E-state index in [0.29, 0.717) is 32.1 Å². The Morgan fingerprint density at radius 2 is 1.38 bits per heavy atom. The summed E-state index contributed by atoms with van der Waals surface area (Å²) in [5.74, 6) is -1.81. The van der Waals surface area contributed by atoms with E-state index in [1.54, 1.807) is 0 Å². The minimum atomic E-state index is -0.811. The molecule has 0 N–H and O–H groups in total. The van der Waals surface area contributed by atoms with Gasteiger partial charge in [0.1, 0.15) is 18.8 Å². The summed E-state index contributed by atoms with van der Waals surface area (Å²) in [5, 5.41) is 0. The maximum Gasteiger partial charge on any atom is 0.312 e. The molecular formula is C38H56O10. The highest BCUT2D eigenvalue weighted by Gasteiger charge is 2.72. The molecule has 4 saturated carbocycles. The standard InChI is InChI=1S/C38H56O10/c1-22(39)46-21-35(6)28-13-14-37(8)29(34(28,5)20-27(47-23(2)40)30(35)48-24(3)41)12-11-25-26-19-33(4,31(42)44-9)15-17-38(26,32(43)45-10)18-16-36(25,37)7/h11,26-30H,12-21H2,1-10H3. The number of allylic oxidation sites excluding steroid dienone is 2. The van der Waals surface area contributed by atoms with Gasteiger partial charge in [-0.3, -0.25) is 24.0 Å². The highest BCUT2D eigenvalue weighted by Crippen LogP contribution is 2.76. The Morgan fingerprint density at radius 1 is 0.750 bits per heavy atom. The van der Waals surface area contributed by atoms with Gasteiger partial charge in [-0.05, 0) is 98.7 Å². The van der Waals surface area contributed by atoms with Crippen LogP contribution in [-0.4, -0.2) is 62.9 Å². The van der Waals surface area contributed by atoms with Crippen molar-refractivity contribution >= 4 is 29.8 Å². The molecule has 0 spiro atoms. The van der Waals surface area contributed by atoms with Crippen LogP contribution in [0.3, 0.4) is 0 Å². The third-order valence-corrected chi connectivity index (χ3v) is 14.6. The van der Waals surface area contributed by atoms with Crippen molar-refractivity contribution in [3.05, 3.63) is 11.6 Å². The van der Waals surface area contributed by atoms with Crippen molar-refractivity contribution in [2.24, 2.45) is 50.2 Å². The van der Waals surface area contributed by atoms with Crippen LogP contribution in [0.25, 0.3) is 0 Å². The Morgan fingerprint density at radius 3 is 1.96 bits per heavy atom. The van der Waals surface area contributed by atoms with Gasteiger partial charge in [0.2, 0.25) is 0 Å². The van der Waals surface area contributed by atoms with Crippen LogP contribution >= 0.6 is 0 Å². The van der Waals surface area contributed by atoms with Gasteiger partial charge in [-0.15, -0.1) is 0 Å². The highest BCUT2D eigenvalue weighted by atomic mass is 16.6. The summed E-state index contributed by atoms with van der Waals surface area (Å²) < 4.78 is 28.4. The molecular weight excluding hydrogens is 616 g/mol. The fourth-order valence-electron chi connectivity index (χ4n) is 12.1. The second-order valence-corrected chi connectivity index (χ2v) is 16.9. The Bertz CT molecular complexity index is 1400. The molecule has 5 aliphatic rings. The number of ether oxygens (including phenoxy) is 5. The van der Waals surface area contributed by atoms with E-state index in [2.05, 4.69) is 26.8 Å². The van der Waals surface area contributed by atoms with Gasteiger partial charge in [0.15, 0.2) is 0 Å². The Labute approximate surface area is 285 Å². The fraction of sp³-hybridized carbons (Fsp3) is 0.816. The first kappa shape index (κ1) is 36.4. The van der Waals surface area contributed by atoms with Crippen LogP contribution in [0.1, 0.15) is 113 Å². The molecule has 11 atom stereocenters. The summed E-state index contributed by atoms with van der Waals surface area (Å²) >= 11 is 0. The van der Waals surface area contributed by atoms with Crippen LogP contribution in [0.15, 0.2) is 11.6 Å². The van der Waals surface area contributed by atoms with E-state index in [4.69, 9.17) is 23.7 Å². The maximum atomic E-state index is 13.7. The number of fused-ring (bicyclic) bond motifs is 7. The maximum absolute atomic E-state index is 13.7. The molecule has 268 valence electrons. The van der Waals surface area contributed by atoms with Gasteiger partial charge in [0.05, 0.1) is 25.0 Å². The van der Waals surface area contributed by atoms with Crippen LogP contribution < -0.4 is 0 Å². The van der Waals surface area contributed by atoms with Crippen LogP contribution in [0.5, 0.6) is 0 Å². The molecule has 5 aliphatic carbocycles. The van der Waals surface area contributed by atoms with Crippen LogP contribution in [0.4, 0.5) is 0 Å². The lowest BCUT2D eigenvalue weighted by atomic mass is 9.33. The minimum absolute atomic E-state index is 0.00724. The van der Waals surface area contributed by atoms with Crippen molar-refractivity contribution in [3.8, 4) is 0 Å². The summed E-state index contributed by atoms with van der Waals surface area (Å²) in [6.07, 6.45) is 6.91. The topological polar surface area (TPSA) is 132 Å². The van der Waals surface area contributed by atoms with Gasteiger partial charge in [-0.2, -0.15) is 0 Å². The van der Waals surface area contributed by atoms with Gasteiger partial charge in [0.25, 0.3) is 0 Å². The zero-order valence-corrected chi connectivity index (χ0v) is 30.6. The van der Waals surface area contributed by atoms with Crippen molar-refractivity contribution in [2.75, 3.05) is 20.8 Å². The second-order valence-electron chi connectivity index (χ2n) is 16.9. The molecule has 10 heteroatoms. The van der Waals surface area contributed by atoms with E-state index >= 15 is 0 Å². The smallest absolute Gasteiger partial charge is 0.312 e. The van der Waals surface area contributed by atoms with Crippen molar-refractivity contribution < 1.29 is 47.7 Å². The number of hydrogen-bond donors (Lipinski definition) is 0. The molecule has 0 aliphatic heterocycles. The number of carbonyl (C=O) groups excluding carboxylic acids is 5. The zero-order valence-electron chi connectivity index (χ0n) is 30.6. The summed E-state index contributed by atoms with van der Waals surface area (Å²) in [7, 11) is 2.89. The van der Waals surface area contributed by atoms with Gasteiger partial charge in [-0.1, -0.05) is 39.3 Å². The summed E-state index contributed by atoms with van der Waals surface area (Å²) in [6, 6.07) is 0. The molecule has 0 aromatic rings. The fourth-order valence-corrected chi connectivity index (χ4v) is 12.1. The van der Waals surface area contributed by atoms with Gasteiger partial charge in [0, 0.05) is 26.2 Å². The highest BCUT2D eigenvalue weighted by molar-refractivity contribution is 5.81. The van der Waals surface area contributed by atoms with E-state index in [0.717, 1.165) is 25.7 Å². The van der Waals surface area contributed by atoms with E-state index in [1.165, 1.54) is 40.6 Å². The minimum Gasteiger partial charge on any atom is -0.469 e. The molecule has 5 rings (SSSR count). The van der Waals surface area contributed by atoms with E-state index in [1.807, 2.05) is 13.8 Å². The number of methoxy groups -OCH3 is 2. The van der Waals surface area contributed by atoms with Crippen molar-refractivity contribution in [3.63, 3.8) is 0 Å². The lowest BCUT2D eigenvalue weighted by Gasteiger charge is -2.71. The second kappa shape index (κ2) is 12.1. The van der Waals surface area contributed by atoms with E-state index in [9.17, 15) is 24.0 Å². The van der Waals surface area contributed by atoms with Gasteiger partial charge >= 0.3 is 29.8 Å². The largest absolute Gasteiger partial charge is 0.469 e. The molecule has 0 saturated heterocycles. The Kier molecular flexibility index (Phi) is 9.21. The molecule has 0 amide bonds. The number of carbonyl (C=O) groups is 5. The summed E-state index contributed by atoms with van der Waals surface area (Å²) in [4.78, 5) is 64.0. The molecule has 11 unspecified atom stereocenters. The predicted octanol–water partition coefficient (Wildman–Crippen LogP) is 6.13. The molecule has 48 heavy (non-hydrogen) atoms. The van der Waals surface area contributed by atoms with Crippen LogP contribution in [0, 0.1) is 50.2 Å². The normalized spacial score (nSPS) is 44.6. The first-order chi connectivity index (χ1) is 22.3. The molecule has 10 nitrogen and oxygen atoms in total. The third kappa shape index (κ3) is 5.21. The molecule has 0 aromatic carbocycles. The van der Waals surface area contributed by atoms with Crippen LogP contribution in [0.2, 0.25) is 0 Å². The zero-order chi connectivity index (χ0) is 35.7. The Hall–Kier alpha value is -2.91. The van der Waals surface area contributed by atoms with Gasteiger partial charge in [-0.25, -0.2) is 0 Å². The molecule has 0 bridgehead atoms. The third-order valence-electron chi connectivity index (χ3n) is 14.6.